The molecule has 7 heteroatoms. The number of carbonyl (C=O) groups is 1. The molecule has 1 aromatic carbocycles. The number of hydrogen-bond donors (Lipinski definition) is 0. The summed E-state index contributed by atoms with van der Waals surface area (Å²) < 4.78 is 27.3. The van der Waals surface area contributed by atoms with E-state index in [1.54, 1.807) is 11.2 Å². The van der Waals surface area contributed by atoms with Gasteiger partial charge in [0.1, 0.15) is 0 Å². The SMILES string of the molecule is CCS(=O)(=O)N(CCN1CCCCC1)C1CN(C(=O)C2(c3ccccc3)CCCC2)C1. The zero-order valence-electron chi connectivity index (χ0n) is 18.8. The molecule has 3 aliphatic rings. The molecule has 2 saturated heterocycles. The van der Waals surface area contributed by atoms with E-state index in [9.17, 15) is 13.2 Å². The van der Waals surface area contributed by atoms with E-state index in [-0.39, 0.29) is 17.7 Å². The fraction of sp³-hybridized carbons (Fsp3) is 0.708. The summed E-state index contributed by atoms with van der Waals surface area (Å²) in [6.45, 7) is 6.21. The third kappa shape index (κ3) is 4.69. The van der Waals surface area contributed by atoms with Gasteiger partial charge in [-0.3, -0.25) is 4.79 Å². The first kappa shape index (κ1) is 22.7. The number of sulfonamides is 1. The number of carbonyl (C=O) groups excluding carboxylic acids is 1. The van der Waals surface area contributed by atoms with Crippen molar-refractivity contribution in [3.63, 3.8) is 0 Å². The summed E-state index contributed by atoms with van der Waals surface area (Å²) in [7, 11) is -3.29. The van der Waals surface area contributed by atoms with E-state index in [1.807, 2.05) is 23.1 Å². The van der Waals surface area contributed by atoms with Crippen LogP contribution in [0.5, 0.6) is 0 Å². The molecule has 6 nitrogen and oxygen atoms in total. The third-order valence-electron chi connectivity index (χ3n) is 7.56. The smallest absolute Gasteiger partial charge is 0.233 e. The summed E-state index contributed by atoms with van der Waals surface area (Å²) >= 11 is 0. The molecule has 31 heavy (non-hydrogen) atoms. The van der Waals surface area contributed by atoms with E-state index in [2.05, 4.69) is 17.0 Å². The number of nitrogens with zero attached hydrogens (tertiary/aromatic N) is 3. The van der Waals surface area contributed by atoms with E-state index in [1.165, 1.54) is 19.3 Å². The lowest BCUT2D eigenvalue weighted by Gasteiger charge is -2.48. The number of piperidine rings is 1. The van der Waals surface area contributed by atoms with Gasteiger partial charge in [-0.1, -0.05) is 49.6 Å². The lowest BCUT2D eigenvalue weighted by atomic mass is 9.77. The second-order valence-corrected chi connectivity index (χ2v) is 11.6. The summed E-state index contributed by atoms with van der Waals surface area (Å²) in [5.41, 5.74) is 0.693. The molecule has 3 fully saturated rings. The van der Waals surface area contributed by atoms with Gasteiger partial charge in [0, 0.05) is 26.2 Å². The molecule has 0 spiro atoms. The Morgan fingerprint density at radius 3 is 2.29 bits per heavy atom. The normalized spacial score (nSPS) is 22.6. The molecule has 1 amide bonds. The molecule has 4 rings (SSSR count). The fourth-order valence-electron chi connectivity index (χ4n) is 5.61. The Balaban J connectivity index is 1.42. The van der Waals surface area contributed by atoms with Crippen LogP contribution in [0.1, 0.15) is 57.4 Å². The Morgan fingerprint density at radius 2 is 1.68 bits per heavy atom. The first-order valence-corrected chi connectivity index (χ1v) is 13.6. The summed E-state index contributed by atoms with van der Waals surface area (Å²) in [5.74, 6) is 0.308. The molecular weight excluding hydrogens is 410 g/mol. The average Bonchev–Trinajstić information content (AvgIpc) is 3.27. The topological polar surface area (TPSA) is 60.9 Å². The predicted molar refractivity (Wildman–Crippen MR) is 123 cm³/mol. The summed E-state index contributed by atoms with van der Waals surface area (Å²) in [6, 6.07) is 10.1. The third-order valence-corrected chi connectivity index (χ3v) is 9.48. The standard InChI is InChI=1S/C24H37N3O3S/c1-2-31(29,30)27(18-17-25-15-9-4-10-16-25)22-19-26(20-22)23(28)24(13-7-8-14-24)21-11-5-3-6-12-21/h3,5-6,11-12,22H,2,4,7-10,13-20H2,1H3. The minimum Gasteiger partial charge on any atom is -0.339 e. The van der Waals surface area contributed by atoms with E-state index in [0.717, 1.165) is 50.9 Å². The maximum Gasteiger partial charge on any atom is 0.233 e. The highest BCUT2D eigenvalue weighted by Crippen LogP contribution is 2.43. The molecular formula is C24H37N3O3S. The fourth-order valence-corrected chi connectivity index (χ4v) is 6.88. The molecule has 0 bridgehead atoms. The van der Waals surface area contributed by atoms with Gasteiger partial charge in [-0.25, -0.2) is 8.42 Å². The highest BCUT2D eigenvalue weighted by molar-refractivity contribution is 7.89. The van der Waals surface area contributed by atoms with Crippen LogP contribution >= 0.6 is 0 Å². The van der Waals surface area contributed by atoms with Crippen LogP contribution in [0.3, 0.4) is 0 Å². The number of rotatable bonds is 8. The largest absolute Gasteiger partial charge is 0.339 e. The number of benzene rings is 1. The Morgan fingerprint density at radius 1 is 1.03 bits per heavy atom. The Labute approximate surface area is 187 Å². The molecule has 0 atom stereocenters. The first-order valence-electron chi connectivity index (χ1n) is 12.0. The summed E-state index contributed by atoms with van der Waals surface area (Å²) in [4.78, 5) is 17.9. The van der Waals surface area contributed by atoms with Crippen LogP contribution in [0, 0.1) is 0 Å². The van der Waals surface area contributed by atoms with Crippen molar-refractivity contribution in [3.8, 4) is 0 Å². The molecule has 0 unspecified atom stereocenters. The van der Waals surface area contributed by atoms with Crippen LogP contribution < -0.4 is 0 Å². The highest BCUT2D eigenvalue weighted by Gasteiger charge is 2.49. The van der Waals surface area contributed by atoms with E-state index >= 15 is 0 Å². The molecule has 172 valence electrons. The van der Waals surface area contributed by atoms with Crippen molar-refractivity contribution in [2.24, 2.45) is 0 Å². The van der Waals surface area contributed by atoms with Crippen LogP contribution in [0.4, 0.5) is 0 Å². The summed E-state index contributed by atoms with van der Waals surface area (Å²) in [6.07, 6.45) is 7.61. The Kier molecular flexibility index (Phi) is 7.04. The van der Waals surface area contributed by atoms with E-state index in [4.69, 9.17) is 0 Å². The minimum atomic E-state index is -3.29. The molecule has 0 aromatic heterocycles. The van der Waals surface area contributed by atoms with Crippen LogP contribution in [0.25, 0.3) is 0 Å². The minimum absolute atomic E-state index is 0.0899. The highest BCUT2D eigenvalue weighted by atomic mass is 32.2. The van der Waals surface area contributed by atoms with Crippen molar-refractivity contribution in [1.82, 2.24) is 14.1 Å². The van der Waals surface area contributed by atoms with Crippen LogP contribution in [0.15, 0.2) is 30.3 Å². The monoisotopic (exact) mass is 447 g/mol. The maximum absolute atomic E-state index is 13.6. The van der Waals surface area contributed by atoms with Crippen LogP contribution in [0.2, 0.25) is 0 Å². The van der Waals surface area contributed by atoms with Crippen molar-refractivity contribution in [1.29, 1.82) is 0 Å². The Bertz CT molecular complexity index is 840. The lowest BCUT2D eigenvalue weighted by Crippen LogP contribution is -2.65. The van der Waals surface area contributed by atoms with E-state index in [0.29, 0.717) is 19.6 Å². The zero-order chi connectivity index (χ0) is 21.9. The van der Waals surface area contributed by atoms with Crippen molar-refractivity contribution in [2.45, 2.75) is 63.3 Å². The van der Waals surface area contributed by atoms with Gasteiger partial charge in [-0.15, -0.1) is 0 Å². The molecule has 1 aliphatic carbocycles. The first-order chi connectivity index (χ1) is 15.0. The molecule has 2 heterocycles. The van der Waals surface area contributed by atoms with Crippen molar-refractivity contribution >= 4 is 15.9 Å². The molecule has 0 radical (unpaired) electrons. The number of likely N-dealkylation sites (tertiary alicyclic amines) is 2. The van der Waals surface area contributed by atoms with Crippen molar-refractivity contribution in [2.75, 3.05) is 45.0 Å². The maximum atomic E-state index is 13.6. The second kappa shape index (κ2) is 9.59. The predicted octanol–water partition coefficient (Wildman–Crippen LogP) is 2.85. The molecule has 1 aromatic rings. The van der Waals surface area contributed by atoms with Gasteiger partial charge in [0.15, 0.2) is 0 Å². The molecule has 0 N–H and O–H groups in total. The van der Waals surface area contributed by atoms with E-state index < -0.39 is 15.4 Å². The van der Waals surface area contributed by atoms with Crippen molar-refractivity contribution in [3.05, 3.63) is 35.9 Å². The van der Waals surface area contributed by atoms with Crippen LogP contribution in [-0.2, 0) is 20.2 Å². The van der Waals surface area contributed by atoms with Gasteiger partial charge >= 0.3 is 0 Å². The second-order valence-electron chi connectivity index (χ2n) is 9.43. The zero-order valence-corrected chi connectivity index (χ0v) is 19.7. The summed E-state index contributed by atoms with van der Waals surface area (Å²) in [5, 5.41) is 0. The van der Waals surface area contributed by atoms with Gasteiger partial charge in [0.05, 0.1) is 17.2 Å². The molecule has 1 saturated carbocycles. The molecule has 2 aliphatic heterocycles. The number of hydrogen-bond acceptors (Lipinski definition) is 4. The van der Waals surface area contributed by atoms with Crippen LogP contribution in [-0.4, -0.2) is 79.5 Å². The van der Waals surface area contributed by atoms with Gasteiger partial charge in [-0.2, -0.15) is 4.31 Å². The average molecular weight is 448 g/mol. The lowest BCUT2D eigenvalue weighted by molar-refractivity contribution is -0.143. The van der Waals surface area contributed by atoms with Gasteiger partial charge in [0.25, 0.3) is 0 Å². The van der Waals surface area contributed by atoms with Gasteiger partial charge < -0.3 is 9.80 Å². The van der Waals surface area contributed by atoms with Gasteiger partial charge in [-0.05, 0) is 51.3 Å². The Hall–Kier alpha value is -1.44. The number of amides is 1. The quantitative estimate of drug-likeness (QED) is 0.615. The van der Waals surface area contributed by atoms with Crippen molar-refractivity contribution < 1.29 is 13.2 Å². The van der Waals surface area contributed by atoms with Gasteiger partial charge in [0.2, 0.25) is 15.9 Å².